The van der Waals surface area contributed by atoms with E-state index < -0.39 is 30.4 Å². The number of benzene rings is 1. The maximum Gasteiger partial charge on any atom is 0.507 e. The number of hydrogen-bond donors (Lipinski definition) is 2. The van der Waals surface area contributed by atoms with Crippen LogP contribution in [0.1, 0.15) is 57.9 Å². The van der Waals surface area contributed by atoms with E-state index in [0.29, 0.717) is 37.6 Å². The summed E-state index contributed by atoms with van der Waals surface area (Å²) in [6.07, 6.45) is 3.87. The average molecular weight is 461 g/mol. The van der Waals surface area contributed by atoms with Crippen molar-refractivity contribution in [2.45, 2.75) is 77.1 Å². The van der Waals surface area contributed by atoms with E-state index in [9.17, 15) is 19.5 Å². The lowest BCUT2D eigenvalue weighted by atomic mass is 9.74. The van der Waals surface area contributed by atoms with E-state index in [1.54, 1.807) is 18.7 Å². The Labute approximate surface area is 195 Å². The molecule has 2 aliphatic rings. The highest BCUT2D eigenvalue weighted by atomic mass is 16.7. The fourth-order valence-electron chi connectivity index (χ4n) is 5.14. The molecule has 0 aromatic heterocycles. The lowest BCUT2D eigenvalue weighted by molar-refractivity contribution is -0.156. The zero-order valence-electron chi connectivity index (χ0n) is 19.6. The molecule has 5 atom stereocenters. The Bertz CT molecular complexity index is 801. The number of fused-ring (bicyclic) bond motifs is 1. The molecule has 1 aliphatic carbocycles. The molecule has 3 rings (SSSR count). The number of likely N-dealkylation sites (tertiary alicyclic amines) is 1. The first-order valence-corrected chi connectivity index (χ1v) is 12.1. The van der Waals surface area contributed by atoms with Crippen LogP contribution in [0.15, 0.2) is 30.3 Å². The van der Waals surface area contributed by atoms with Crippen LogP contribution in [-0.2, 0) is 25.5 Å². The number of hydrogen-bond acceptors (Lipinski definition) is 6. The highest BCUT2D eigenvalue weighted by Gasteiger charge is 2.42. The molecular weight excluding hydrogens is 424 g/mol. The zero-order chi connectivity index (χ0) is 23.8. The van der Waals surface area contributed by atoms with E-state index in [4.69, 9.17) is 9.47 Å². The molecule has 1 amide bonds. The highest BCUT2D eigenvalue weighted by molar-refractivity contribution is 5.83. The summed E-state index contributed by atoms with van der Waals surface area (Å²) in [6.45, 7) is 4.21. The van der Waals surface area contributed by atoms with Gasteiger partial charge in [0.05, 0.1) is 12.6 Å². The first-order valence-electron chi connectivity index (χ1n) is 12.1. The number of carbonyl (C=O) groups is 3. The molecule has 0 spiro atoms. The highest BCUT2D eigenvalue weighted by Crippen LogP contribution is 2.39. The minimum atomic E-state index is -1.38. The standard InChI is InChI=1S/C25H36N2O6/c1-3-32-24(29)21(14-13-18-9-5-4-6-10-18)26-17(2)23(28)27-16-20-12-8-7-11-19(20)15-22(27)33-25(30)31/h4-6,9-10,17,19-22,26H,3,7-8,11-16H2,1-2H3,(H,30,31)/t17-,19-,20+,21-,22-/m0/s1. The first kappa shape index (κ1) is 25.0. The van der Waals surface area contributed by atoms with Crippen molar-refractivity contribution in [1.29, 1.82) is 0 Å². The van der Waals surface area contributed by atoms with Gasteiger partial charge in [0.1, 0.15) is 6.04 Å². The van der Waals surface area contributed by atoms with Gasteiger partial charge >= 0.3 is 12.1 Å². The second-order valence-electron chi connectivity index (χ2n) is 9.09. The minimum absolute atomic E-state index is 0.251. The van der Waals surface area contributed by atoms with Crippen molar-refractivity contribution in [2.75, 3.05) is 13.2 Å². The number of amides is 1. The fourth-order valence-corrected chi connectivity index (χ4v) is 5.14. The summed E-state index contributed by atoms with van der Waals surface area (Å²) in [5.41, 5.74) is 1.10. The molecule has 0 radical (unpaired) electrons. The summed E-state index contributed by atoms with van der Waals surface area (Å²) in [4.78, 5) is 38.8. The minimum Gasteiger partial charge on any atom is -0.465 e. The van der Waals surface area contributed by atoms with E-state index in [-0.39, 0.29) is 12.5 Å². The summed E-state index contributed by atoms with van der Waals surface area (Å²) < 4.78 is 10.4. The van der Waals surface area contributed by atoms with Crippen LogP contribution in [-0.4, -0.2) is 59.5 Å². The Morgan fingerprint density at radius 3 is 2.52 bits per heavy atom. The van der Waals surface area contributed by atoms with Crippen molar-refractivity contribution in [1.82, 2.24) is 10.2 Å². The quantitative estimate of drug-likeness (QED) is 0.543. The maximum atomic E-state index is 13.4. The molecule has 0 bridgehead atoms. The first-order chi connectivity index (χ1) is 15.9. The molecule has 1 aliphatic heterocycles. The smallest absolute Gasteiger partial charge is 0.465 e. The summed E-state index contributed by atoms with van der Waals surface area (Å²) in [5, 5.41) is 12.4. The Morgan fingerprint density at radius 2 is 1.85 bits per heavy atom. The van der Waals surface area contributed by atoms with Crippen LogP contribution in [0.3, 0.4) is 0 Å². The number of ether oxygens (including phenoxy) is 2. The van der Waals surface area contributed by atoms with Gasteiger partial charge in [0, 0.05) is 13.0 Å². The fraction of sp³-hybridized carbons (Fsp3) is 0.640. The third kappa shape index (κ3) is 6.93. The Kier molecular flexibility index (Phi) is 9.11. The van der Waals surface area contributed by atoms with E-state index in [1.807, 2.05) is 30.3 Å². The second-order valence-corrected chi connectivity index (χ2v) is 9.09. The second kappa shape index (κ2) is 12.0. The van der Waals surface area contributed by atoms with E-state index >= 15 is 0 Å². The van der Waals surface area contributed by atoms with Crippen LogP contribution in [0.2, 0.25) is 0 Å². The van der Waals surface area contributed by atoms with Crippen molar-refractivity contribution in [2.24, 2.45) is 11.8 Å². The van der Waals surface area contributed by atoms with Gasteiger partial charge in [-0.15, -0.1) is 0 Å². The molecule has 2 N–H and O–H groups in total. The van der Waals surface area contributed by atoms with Gasteiger partial charge < -0.3 is 19.5 Å². The topological polar surface area (TPSA) is 105 Å². The summed E-state index contributed by atoms with van der Waals surface area (Å²) in [7, 11) is 0. The molecule has 0 unspecified atom stereocenters. The molecule has 182 valence electrons. The summed E-state index contributed by atoms with van der Waals surface area (Å²) in [5.74, 6) is 0.104. The monoisotopic (exact) mass is 460 g/mol. The van der Waals surface area contributed by atoms with Gasteiger partial charge in [-0.3, -0.25) is 14.9 Å². The van der Waals surface area contributed by atoms with Crippen LogP contribution < -0.4 is 5.32 Å². The van der Waals surface area contributed by atoms with Gasteiger partial charge in [0.15, 0.2) is 6.23 Å². The van der Waals surface area contributed by atoms with Gasteiger partial charge in [0.2, 0.25) is 5.91 Å². The van der Waals surface area contributed by atoms with E-state index in [2.05, 4.69) is 5.32 Å². The molecule has 2 fully saturated rings. The van der Waals surface area contributed by atoms with E-state index in [1.165, 1.54) is 0 Å². The average Bonchev–Trinajstić information content (AvgIpc) is 2.81. The van der Waals surface area contributed by atoms with Crippen LogP contribution in [0, 0.1) is 11.8 Å². The number of esters is 1. The molecule has 8 heteroatoms. The number of nitrogens with one attached hydrogen (secondary N) is 1. The number of aryl methyl sites for hydroxylation is 1. The largest absolute Gasteiger partial charge is 0.507 e. The van der Waals surface area contributed by atoms with Gasteiger partial charge in [-0.1, -0.05) is 43.2 Å². The molecular formula is C25H36N2O6. The zero-order valence-corrected chi connectivity index (χ0v) is 19.6. The van der Waals surface area contributed by atoms with Crippen molar-refractivity contribution >= 4 is 18.0 Å². The number of rotatable bonds is 9. The molecule has 33 heavy (non-hydrogen) atoms. The molecule has 1 saturated carbocycles. The van der Waals surface area contributed by atoms with Gasteiger partial charge in [-0.05, 0) is 56.9 Å². The number of carboxylic acid groups (broad SMARTS) is 1. The van der Waals surface area contributed by atoms with Crippen molar-refractivity contribution in [3.8, 4) is 0 Å². The third-order valence-corrected chi connectivity index (χ3v) is 6.83. The van der Waals surface area contributed by atoms with Crippen molar-refractivity contribution < 1.29 is 29.0 Å². The number of carbonyl (C=O) groups excluding carboxylic acids is 2. The SMILES string of the molecule is CCOC(=O)[C@H](CCc1ccccc1)N[C@@H](C)C(=O)N1C[C@H]2CCCC[C@H]2C[C@@H]1OC(=O)O. The molecule has 1 heterocycles. The van der Waals surface area contributed by atoms with Gasteiger partial charge in [-0.2, -0.15) is 0 Å². The molecule has 1 aromatic carbocycles. The molecule has 1 saturated heterocycles. The van der Waals surface area contributed by atoms with Gasteiger partial charge in [-0.25, -0.2) is 4.79 Å². The van der Waals surface area contributed by atoms with Crippen molar-refractivity contribution in [3.63, 3.8) is 0 Å². The van der Waals surface area contributed by atoms with E-state index in [0.717, 1.165) is 31.2 Å². The molecule has 1 aromatic rings. The summed E-state index contributed by atoms with van der Waals surface area (Å²) >= 11 is 0. The predicted octanol–water partition coefficient (Wildman–Crippen LogP) is 3.59. The maximum absolute atomic E-state index is 13.4. The Balaban J connectivity index is 1.68. The number of piperidine rings is 1. The lowest BCUT2D eigenvalue weighted by Crippen LogP contribution is -2.58. The van der Waals surface area contributed by atoms with Crippen LogP contribution in [0.4, 0.5) is 4.79 Å². The predicted molar refractivity (Wildman–Crippen MR) is 122 cm³/mol. The summed E-state index contributed by atoms with van der Waals surface area (Å²) in [6, 6.07) is 8.51. The number of nitrogens with zero attached hydrogens (tertiary/aromatic N) is 1. The Hall–Kier alpha value is -2.61. The normalized spacial score (nSPS) is 24.3. The van der Waals surface area contributed by atoms with Crippen LogP contribution in [0.25, 0.3) is 0 Å². The van der Waals surface area contributed by atoms with Crippen molar-refractivity contribution in [3.05, 3.63) is 35.9 Å². The molecule has 8 nitrogen and oxygen atoms in total. The Morgan fingerprint density at radius 1 is 1.15 bits per heavy atom. The van der Waals surface area contributed by atoms with Crippen LogP contribution >= 0.6 is 0 Å². The van der Waals surface area contributed by atoms with Crippen LogP contribution in [0.5, 0.6) is 0 Å². The lowest BCUT2D eigenvalue weighted by Gasteiger charge is -2.45. The third-order valence-electron chi connectivity index (χ3n) is 6.83. The van der Waals surface area contributed by atoms with Gasteiger partial charge in [0.25, 0.3) is 0 Å².